The molecule has 1 fully saturated rings. The van der Waals surface area contributed by atoms with E-state index in [0.717, 1.165) is 55.4 Å². The average molecular weight is 400 g/mol. The number of aromatic amines is 1. The summed E-state index contributed by atoms with van der Waals surface area (Å²) in [5, 5.41) is 1.05. The zero-order valence-corrected chi connectivity index (χ0v) is 17.3. The van der Waals surface area contributed by atoms with Crippen molar-refractivity contribution in [3.05, 3.63) is 42.4 Å². The molecule has 0 spiro atoms. The Bertz CT molecular complexity index is 983. The van der Waals surface area contributed by atoms with E-state index >= 15 is 0 Å². The van der Waals surface area contributed by atoms with Gasteiger partial charge in [-0.25, -0.2) is 14.2 Å². The van der Waals surface area contributed by atoms with Gasteiger partial charge >= 0.3 is 0 Å². The van der Waals surface area contributed by atoms with Crippen LogP contribution < -0.4 is 4.90 Å². The average Bonchev–Trinajstić information content (AvgIpc) is 3.17. The van der Waals surface area contributed by atoms with E-state index in [-0.39, 0.29) is 0 Å². The first-order chi connectivity index (χ1) is 13.5. The maximum atomic E-state index is 12.8. The Labute approximate surface area is 167 Å². The molecule has 4 rings (SSSR count). The summed E-state index contributed by atoms with van der Waals surface area (Å²) in [6.45, 7) is 0. The first-order valence-electron chi connectivity index (χ1n) is 10.1. The van der Waals surface area contributed by atoms with E-state index < -0.39 is 9.73 Å². The third-order valence-electron chi connectivity index (χ3n) is 6.05. The van der Waals surface area contributed by atoms with Crippen LogP contribution in [-0.2, 0) is 9.73 Å². The van der Waals surface area contributed by atoms with Gasteiger partial charge in [-0.3, -0.25) is 4.78 Å². The second kappa shape index (κ2) is 8.07. The van der Waals surface area contributed by atoms with Gasteiger partial charge in [0.05, 0.1) is 11.1 Å². The topological polar surface area (TPSA) is 85.7 Å². The minimum atomic E-state index is -2.53. The first kappa shape index (κ1) is 19.2. The first-order valence-corrected chi connectivity index (χ1v) is 12.0. The van der Waals surface area contributed by atoms with Gasteiger partial charge in [-0.05, 0) is 50.5 Å². The number of anilines is 1. The lowest BCUT2D eigenvalue weighted by Crippen LogP contribution is -2.37. The van der Waals surface area contributed by atoms with E-state index in [4.69, 9.17) is 4.78 Å². The van der Waals surface area contributed by atoms with Crippen LogP contribution in [0.3, 0.4) is 0 Å². The quantitative estimate of drug-likeness (QED) is 0.759. The number of aromatic nitrogens is 3. The zero-order valence-electron chi connectivity index (χ0n) is 16.4. The van der Waals surface area contributed by atoms with Crippen molar-refractivity contribution in [3.8, 4) is 0 Å². The van der Waals surface area contributed by atoms with Crippen LogP contribution in [0.1, 0.15) is 38.5 Å². The van der Waals surface area contributed by atoms with Gasteiger partial charge in [0, 0.05) is 34.8 Å². The molecule has 2 aliphatic rings. The van der Waals surface area contributed by atoms with E-state index in [1.54, 1.807) is 6.33 Å². The van der Waals surface area contributed by atoms with Crippen LogP contribution in [0.25, 0.3) is 11.0 Å². The molecule has 150 valence electrons. The summed E-state index contributed by atoms with van der Waals surface area (Å²) in [6.07, 6.45) is 15.9. The fourth-order valence-corrected chi connectivity index (χ4v) is 6.58. The van der Waals surface area contributed by atoms with Gasteiger partial charge in [0.25, 0.3) is 0 Å². The molecule has 1 saturated carbocycles. The maximum absolute atomic E-state index is 12.8. The number of allylic oxidation sites excluding steroid dienone is 3. The summed E-state index contributed by atoms with van der Waals surface area (Å²) in [4.78, 5) is 14.2. The molecule has 1 unspecified atom stereocenters. The fraction of sp³-hybridized carbons (Fsp3) is 0.524. The molecule has 0 saturated heterocycles. The normalized spacial score (nSPS) is 24.7. The summed E-state index contributed by atoms with van der Waals surface area (Å²) in [5.74, 6) is 2.35. The van der Waals surface area contributed by atoms with Gasteiger partial charge < -0.3 is 9.88 Å². The van der Waals surface area contributed by atoms with Crippen molar-refractivity contribution in [1.29, 1.82) is 4.78 Å². The van der Waals surface area contributed by atoms with Gasteiger partial charge in [-0.1, -0.05) is 23.8 Å². The van der Waals surface area contributed by atoms with Gasteiger partial charge in [-0.15, -0.1) is 0 Å². The van der Waals surface area contributed by atoms with E-state index in [2.05, 4.69) is 33.0 Å². The summed E-state index contributed by atoms with van der Waals surface area (Å²) in [7, 11) is -0.425. The van der Waals surface area contributed by atoms with Crippen LogP contribution in [0, 0.1) is 10.7 Å². The van der Waals surface area contributed by atoms with Crippen LogP contribution in [0.2, 0.25) is 0 Å². The highest BCUT2D eigenvalue weighted by Crippen LogP contribution is 2.32. The molecule has 28 heavy (non-hydrogen) atoms. The van der Waals surface area contributed by atoms with Crippen LogP contribution in [-0.4, -0.2) is 43.8 Å². The Balaban J connectivity index is 1.35. The Morgan fingerprint density at radius 3 is 2.86 bits per heavy atom. The predicted molar refractivity (Wildman–Crippen MR) is 115 cm³/mol. The third-order valence-corrected chi connectivity index (χ3v) is 7.90. The minimum absolute atomic E-state index is 0.395. The van der Waals surface area contributed by atoms with Crippen molar-refractivity contribution in [2.24, 2.45) is 5.92 Å². The van der Waals surface area contributed by atoms with Crippen LogP contribution >= 0.6 is 0 Å². The molecule has 2 heterocycles. The van der Waals surface area contributed by atoms with E-state index in [1.807, 2.05) is 24.4 Å². The summed E-state index contributed by atoms with van der Waals surface area (Å²) in [5.41, 5.74) is 2.04. The molecule has 7 heteroatoms. The van der Waals surface area contributed by atoms with E-state index in [9.17, 15) is 4.21 Å². The van der Waals surface area contributed by atoms with Crippen molar-refractivity contribution < 1.29 is 4.21 Å². The van der Waals surface area contributed by atoms with Gasteiger partial charge in [0.15, 0.2) is 0 Å². The fourth-order valence-electron chi connectivity index (χ4n) is 4.52. The molecular weight excluding hydrogens is 370 g/mol. The molecule has 0 amide bonds. The molecular formula is C21H29N5OS. The molecule has 6 nitrogen and oxygen atoms in total. The Kier molecular flexibility index (Phi) is 5.53. The number of rotatable bonds is 6. The number of nitrogens with zero attached hydrogens (tertiary/aromatic N) is 3. The van der Waals surface area contributed by atoms with Crippen LogP contribution in [0.15, 0.2) is 42.4 Å². The third kappa shape index (κ3) is 4.29. The van der Waals surface area contributed by atoms with Gasteiger partial charge in [0.2, 0.25) is 0 Å². The second-order valence-electron chi connectivity index (χ2n) is 8.14. The summed E-state index contributed by atoms with van der Waals surface area (Å²) in [6, 6.07) is 2.45. The van der Waals surface area contributed by atoms with Crippen molar-refractivity contribution in [2.75, 3.05) is 23.5 Å². The molecule has 0 aliphatic heterocycles. The smallest absolute Gasteiger partial charge is 0.142 e. The predicted octanol–water partition coefficient (Wildman–Crippen LogP) is 4.28. The highest BCUT2D eigenvalue weighted by atomic mass is 32.2. The van der Waals surface area contributed by atoms with Crippen LogP contribution in [0.4, 0.5) is 5.82 Å². The highest BCUT2D eigenvalue weighted by Gasteiger charge is 2.28. The maximum Gasteiger partial charge on any atom is 0.142 e. The molecule has 2 aromatic heterocycles. The molecule has 2 aliphatic carbocycles. The lowest BCUT2D eigenvalue weighted by molar-refractivity contribution is 0.342. The largest absolute Gasteiger partial charge is 0.356 e. The number of H-pyrrole nitrogens is 1. The molecule has 0 aromatic carbocycles. The van der Waals surface area contributed by atoms with E-state index in [1.165, 1.54) is 5.57 Å². The van der Waals surface area contributed by atoms with Crippen molar-refractivity contribution in [2.45, 2.75) is 44.6 Å². The van der Waals surface area contributed by atoms with E-state index in [0.29, 0.717) is 23.5 Å². The Morgan fingerprint density at radius 1 is 1.29 bits per heavy atom. The number of nitrogens with one attached hydrogen (secondary N) is 2. The molecule has 1 atom stereocenters. The van der Waals surface area contributed by atoms with Crippen molar-refractivity contribution in [1.82, 2.24) is 15.0 Å². The monoisotopic (exact) mass is 399 g/mol. The Hall–Kier alpha value is -2.15. The molecule has 0 radical (unpaired) electrons. The lowest BCUT2D eigenvalue weighted by atomic mass is 9.86. The zero-order chi connectivity index (χ0) is 19.6. The summed E-state index contributed by atoms with van der Waals surface area (Å²) < 4.78 is 21.2. The minimum Gasteiger partial charge on any atom is -0.356 e. The number of hydrogen-bond acceptors (Lipinski definition) is 5. The summed E-state index contributed by atoms with van der Waals surface area (Å²) >= 11 is 0. The molecule has 0 bridgehead atoms. The van der Waals surface area contributed by atoms with Crippen LogP contribution in [0.5, 0.6) is 0 Å². The number of fused-ring (bicyclic) bond motifs is 1. The molecule has 2 N–H and O–H groups in total. The van der Waals surface area contributed by atoms with Gasteiger partial charge in [0.1, 0.15) is 17.8 Å². The van der Waals surface area contributed by atoms with Crippen molar-refractivity contribution >= 4 is 26.6 Å². The lowest BCUT2D eigenvalue weighted by Gasteiger charge is -2.35. The second-order valence-corrected chi connectivity index (χ2v) is 10.4. The standard InChI is InChI=1S/C21H29N5OS/c1-26(21-19-11-12-23-20(19)24-15-25-21)18-9-7-17(8-10-18)14-28(22,27)13-16-5-3-2-4-6-16/h2-3,5,11-12,15,17-18,22H,4,6-10,13-14H2,1H3,(H,23,24,25)/t17-,18+,28?. The SMILES string of the molecule is CN(c1ncnc2[nH]ccc12)[C@H]1CC[C@@H](CS(=N)(=O)CC2=CC=CCC2)CC1. The molecule has 2 aromatic rings. The van der Waals surface area contributed by atoms with Gasteiger partial charge in [-0.2, -0.15) is 0 Å². The highest BCUT2D eigenvalue weighted by molar-refractivity contribution is 7.92. The Morgan fingerprint density at radius 2 is 2.11 bits per heavy atom. The van der Waals surface area contributed by atoms with Crippen molar-refractivity contribution in [3.63, 3.8) is 0 Å². The number of hydrogen-bond donors (Lipinski definition) is 2.